The highest BCUT2D eigenvalue weighted by Crippen LogP contribution is 2.33. The maximum absolute atomic E-state index is 11.2. The maximum Gasteiger partial charge on any atom is 0.358 e. The van der Waals surface area contributed by atoms with Gasteiger partial charge < -0.3 is 30.5 Å². The van der Waals surface area contributed by atoms with Gasteiger partial charge in [0.15, 0.2) is 28.9 Å². The zero-order valence-corrected chi connectivity index (χ0v) is 16.8. The molecule has 1 unspecified atom stereocenters. The second kappa shape index (κ2) is 8.05. The second-order valence-corrected chi connectivity index (χ2v) is 7.90. The van der Waals surface area contributed by atoms with Gasteiger partial charge in [-0.25, -0.2) is 9.78 Å². The Morgan fingerprint density at radius 3 is 2.66 bits per heavy atom. The molecule has 170 valence electrons. The number of rotatable bonds is 6. The first-order valence-corrected chi connectivity index (χ1v) is 10.3. The van der Waals surface area contributed by atoms with Gasteiger partial charge in [-0.2, -0.15) is 14.6 Å². The van der Waals surface area contributed by atoms with Crippen LogP contribution in [-0.4, -0.2) is 91.9 Å². The molecule has 1 saturated heterocycles. The fraction of sp³-hybridized carbons (Fsp3) is 0.556. The van der Waals surface area contributed by atoms with Gasteiger partial charge in [-0.05, 0) is 12.8 Å². The first-order valence-electron chi connectivity index (χ1n) is 10.3. The number of aromatic nitrogens is 7. The van der Waals surface area contributed by atoms with Gasteiger partial charge in [0.25, 0.3) is 5.95 Å². The van der Waals surface area contributed by atoms with Gasteiger partial charge in [-0.3, -0.25) is 4.57 Å². The predicted molar refractivity (Wildman–Crippen MR) is 106 cm³/mol. The molecule has 14 nitrogen and oxygen atoms in total. The summed E-state index contributed by atoms with van der Waals surface area (Å²) in [5.74, 6) is -0.764. The first-order chi connectivity index (χ1) is 15.5. The lowest BCUT2D eigenvalue weighted by atomic mass is 10.1. The van der Waals surface area contributed by atoms with Crippen LogP contribution in [0, 0.1) is 0 Å². The van der Waals surface area contributed by atoms with E-state index < -0.39 is 37.1 Å². The van der Waals surface area contributed by atoms with Crippen molar-refractivity contribution in [2.45, 2.75) is 56.3 Å². The van der Waals surface area contributed by atoms with E-state index in [9.17, 15) is 20.1 Å². The molecule has 0 amide bonds. The molecule has 1 saturated carbocycles. The van der Waals surface area contributed by atoms with Crippen molar-refractivity contribution in [2.75, 3.05) is 11.9 Å². The molecule has 0 aromatic carbocycles. The van der Waals surface area contributed by atoms with E-state index in [0.717, 1.165) is 30.4 Å². The minimum Gasteiger partial charge on any atom is -0.476 e. The molecule has 0 radical (unpaired) electrons. The number of aromatic carboxylic acids is 1. The number of nitrogens with one attached hydrogen (secondary N) is 1. The fourth-order valence-electron chi connectivity index (χ4n) is 4.13. The van der Waals surface area contributed by atoms with Crippen molar-refractivity contribution in [3.63, 3.8) is 0 Å². The monoisotopic (exact) mass is 446 g/mol. The molecule has 3 aromatic heterocycles. The van der Waals surface area contributed by atoms with Crippen LogP contribution in [0.4, 0.5) is 5.82 Å². The Morgan fingerprint density at radius 1 is 1.22 bits per heavy atom. The molecule has 1 aliphatic heterocycles. The van der Waals surface area contributed by atoms with E-state index in [1.165, 1.54) is 17.1 Å². The molecule has 4 atom stereocenters. The summed E-state index contributed by atoms with van der Waals surface area (Å²) in [6, 6.07) is 0.199. The standard InChI is InChI=1S/C18H22N8O6/c27-6-10-12(28)13(29)16(32-10)25-7-19-11-14(20-8-3-1-2-4-8)21-18(22-15(11)25)26-5-9(17(30)31)23-24-26/h5,7-8,10,12-13,16,27-29H,1-4,6H2,(H,30,31)(H,20,21,22)/t10-,12-,13+,16?/m1/s1. The summed E-state index contributed by atoms with van der Waals surface area (Å²) in [7, 11) is 0. The summed E-state index contributed by atoms with van der Waals surface area (Å²) in [4.78, 5) is 24.5. The Kier molecular flexibility index (Phi) is 5.21. The fourth-order valence-corrected chi connectivity index (χ4v) is 4.13. The Hall–Kier alpha value is -3.20. The van der Waals surface area contributed by atoms with E-state index in [1.807, 2.05) is 0 Å². The molecule has 14 heteroatoms. The van der Waals surface area contributed by atoms with Crippen LogP contribution in [0.25, 0.3) is 17.1 Å². The molecular formula is C18H22N8O6. The number of fused-ring (bicyclic) bond motifs is 1. The van der Waals surface area contributed by atoms with Crippen LogP contribution in [0.3, 0.4) is 0 Å². The Labute approximate surface area is 180 Å². The van der Waals surface area contributed by atoms with Crippen molar-refractivity contribution in [1.29, 1.82) is 0 Å². The van der Waals surface area contributed by atoms with Crippen LogP contribution in [0.2, 0.25) is 0 Å². The minimum absolute atomic E-state index is 0.0477. The number of anilines is 1. The number of hydrogen-bond donors (Lipinski definition) is 5. The van der Waals surface area contributed by atoms with E-state index >= 15 is 0 Å². The molecule has 2 fully saturated rings. The molecule has 2 aliphatic rings. The Bertz CT molecular complexity index is 1140. The van der Waals surface area contributed by atoms with E-state index in [4.69, 9.17) is 9.84 Å². The van der Waals surface area contributed by atoms with Crippen molar-refractivity contribution in [1.82, 2.24) is 34.5 Å². The highest BCUT2D eigenvalue weighted by Gasteiger charge is 2.44. The summed E-state index contributed by atoms with van der Waals surface area (Å²) in [5.41, 5.74) is 0.422. The summed E-state index contributed by atoms with van der Waals surface area (Å²) in [6.45, 7) is -0.465. The molecule has 0 bridgehead atoms. The number of carboxylic acid groups (broad SMARTS) is 1. The first kappa shape index (κ1) is 20.7. The van der Waals surface area contributed by atoms with Crippen LogP contribution in [0.15, 0.2) is 12.5 Å². The van der Waals surface area contributed by atoms with Gasteiger partial charge >= 0.3 is 5.97 Å². The Morgan fingerprint density at radius 2 is 2.00 bits per heavy atom. The van der Waals surface area contributed by atoms with E-state index in [2.05, 4.69) is 30.6 Å². The number of nitrogens with zero attached hydrogens (tertiary/aromatic N) is 7. The third-order valence-corrected chi connectivity index (χ3v) is 5.81. The van der Waals surface area contributed by atoms with Crippen LogP contribution in [-0.2, 0) is 4.74 Å². The molecule has 5 rings (SSSR count). The number of imidazole rings is 1. The van der Waals surface area contributed by atoms with Crippen LogP contribution in [0.5, 0.6) is 0 Å². The van der Waals surface area contributed by atoms with E-state index in [0.29, 0.717) is 11.3 Å². The van der Waals surface area contributed by atoms with Gasteiger partial charge in [-0.15, -0.1) is 5.10 Å². The average molecular weight is 446 g/mol. The normalized spacial score (nSPS) is 26.2. The van der Waals surface area contributed by atoms with Gasteiger partial charge in [-0.1, -0.05) is 18.1 Å². The van der Waals surface area contributed by atoms with Crippen molar-refractivity contribution < 1.29 is 30.0 Å². The van der Waals surface area contributed by atoms with Crippen LogP contribution < -0.4 is 5.32 Å². The highest BCUT2D eigenvalue weighted by atomic mass is 16.6. The molecule has 5 N–H and O–H groups in total. The lowest BCUT2D eigenvalue weighted by Gasteiger charge is -2.17. The summed E-state index contributed by atoms with van der Waals surface area (Å²) in [5, 5.41) is 49.9. The number of ether oxygens (including phenoxy) is 1. The van der Waals surface area contributed by atoms with Gasteiger partial charge in [0.1, 0.15) is 18.3 Å². The Balaban J connectivity index is 1.61. The van der Waals surface area contributed by atoms with Crippen molar-refractivity contribution in [3.8, 4) is 5.95 Å². The number of aliphatic hydroxyl groups is 3. The molecular weight excluding hydrogens is 424 g/mol. The number of carboxylic acids is 1. The van der Waals surface area contributed by atoms with Gasteiger partial charge in [0.05, 0.1) is 19.1 Å². The number of carbonyl (C=O) groups is 1. The number of aliphatic hydroxyl groups excluding tert-OH is 3. The average Bonchev–Trinajstić information content (AvgIpc) is 3.56. The largest absolute Gasteiger partial charge is 0.476 e. The SMILES string of the molecule is O=C(O)c1cn(-c2nc(NC3CCCC3)c3ncn(C4O[C@H](CO)[C@@H](O)[C@@H]4O)c3n2)nn1. The topological polar surface area (TPSA) is 194 Å². The third kappa shape index (κ3) is 3.46. The third-order valence-electron chi connectivity index (χ3n) is 5.81. The van der Waals surface area contributed by atoms with E-state index in [-0.39, 0.29) is 23.3 Å². The maximum atomic E-state index is 11.2. The predicted octanol–water partition coefficient (Wildman–Crippen LogP) is -0.929. The number of hydrogen-bond acceptors (Lipinski definition) is 11. The van der Waals surface area contributed by atoms with Gasteiger partial charge in [0.2, 0.25) is 0 Å². The lowest BCUT2D eigenvalue weighted by molar-refractivity contribution is -0.0511. The molecule has 3 aromatic rings. The minimum atomic E-state index is -1.32. The smallest absolute Gasteiger partial charge is 0.358 e. The molecule has 32 heavy (non-hydrogen) atoms. The lowest BCUT2D eigenvalue weighted by Crippen LogP contribution is -2.33. The quantitative estimate of drug-likeness (QED) is 0.313. The van der Waals surface area contributed by atoms with Crippen LogP contribution >= 0.6 is 0 Å². The van der Waals surface area contributed by atoms with Crippen molar-refractivity contribution in [2.24, 2.45) is 0 Å². The van der Waals surface area contributed by atoms with Gasteiger partial charge in [0, 0.05) is 6.04 Å². The molecule has 0 spiro atoms. The zero-order chi connectivity index (χ0) is 22.4. The van der Waals surface area contributed by atoms with Crippen molar-refractivity contribution >= 4 is 23.0 Å². The second-order valence-electron chi connectivity index (χ2n) is 7.90. The highest BCUT2D eigenvalue weighted by molar-refractivity contribution is 5.85. The van der Waals surface area contributed by atoms with Crippen molar-refractivity contribution in [3.05, 3.63) is 18.2 Å². The van der Waals surface area contributed by atoms with Crippen LogP contribution in [0.1, 0.15) is 42.4 Å². The summed E-state index contributed by atoms with van der Waals surface area (Å²) in [6.07, 6.45) is 2.14. The summed E-state index contributed by atoms with van der Waals surface area (Å²) >= 11 is 0. The molecule has 4 heterocycles. The summed E-state index contributed by atoms with van der Waals surface area (Å²) < 4.78 is 8.20. The zero-order valence-electron chi connectivity index (χ0n) is 16.8. The van der Waals surface area contributed by atoms with E-state index in [1.54, 1.807) is 0 Å². The molecule has 1 aliphatic carbocycles.